The molecule has 0 heterocycles. The third-order valence-electron chi connectivity index (χ3n) is 4.35. The SMILES string of the molecule is COc1ccc(NCc2cc(Cl)ccc2OCC(=O)Nc2ccc(C)cc2)cc1Cl. The van der Waals surface area contributed by atoms with Crippen molar-refractivity contribution >= 4 is 40.5 Å². The van der Waals surface area contributed by atoms with Gasteiger partial charge < -0.3 is 20.1 Å². The number of methoxy groups -OCH3 is 1. The minimum atomic E-state index is -0.241. The summed E-state index contributed by atoms with van der Waals surface area (Å²) in [6.45, 7) is 2.32. The molecule has 0 fully saturated rings. The normalized spacial score (nSPS) is 10.4. The van der Waals surface area contributed by atoms with E-state index < -0.39 is 0 Å². The van der Waals surface area contributed by atoms with Crippen LogP contribution < -0.4 is 20.1 Å². The highest BCUT2D eigenvalue weighted by Gasteiger charge is 2.09. The predicted octanol–water partition coefficient (Wildman–Crippen LogP) is 5.94. The van der Waals surface area contributed by atoms with E-state index in [2.05, 4.69) is 10.6 Å². The van der Waals surface area contributed by atoms with Crippen LogP contribution in [0.15, 0.2) is 60.7 Å². The van der Waals surface area contributed by atoms with Crippen molar-refractivity contribution in [2.75, 3.05) is 24.4 Å². The zero-order chi connectivity index (χ0) is 21.5. The van der Waals surface area contributed by atoms with Gasteiger partial charge >= 0.3 is 0 Å². The number of ether oxygens (including phenoxy) is 2. The average molecular weight is 445 g/mol. The van der Waals surface area contributed by atoms with E-state index in [4.69, 9.17) is 32.7 Å². The van der Waals surface area contributed by atoms with Crippen molar-refractivity contribution in [3.8, 4) is 11.5 Å². The number of benzene rings is 3. The van der Waals surface area contributed by atoms with Gasteiger partial charge in [-0.05, 0) is 55.5 Å². The number of hydrogen-bond donors (Lipinski definition) is 2. The Bertz CT molecular complexity index is 1020. The molecule has 30 heavy (non-hydrogen) atoms. The number of aryl methyl sites for hydroxylation is 1. The fourth-order valence-electron chi connectivity index (χ4n) is 2.78. The smallest absolute Gasteiger partial charge is 0.262 e. The van der Waals surface area contributed by atoms with Crippen LogP contribution in [-0.2, 0) is 11.3 Å². The molecule has 5 nitrogen and oxygen atoms in total. The summed E-state index contributed by atoms with van der Waals surface area (Å²) in [4.78, 5) is 12.2. The van der Waals surface area contributed by atoms with Crippen LogP contribution >= 0.6 is 23.2 Å². The molecule has 2 N–H and O–H groups in total. The lowest BCUT2D eigenvalue weighted by Gasteiger charge is -2.14. The zero-order valence-corrected chi connectivity index (χ0v) is 18.2. The predicted molar refractivity (Wildman–Crippen MR) is 122 cm³/mol. The number of rotatable bonds is 8. The Morgan fingerprint density at radius 3 is 2.33 bits per heavy atom. The van der Waals surface area contributed by atoms with Gasteiger partial charge in [-0.25, -0.2) is 0 Å². The molecule has 0 radical (unpaired) electrons. The van der Waals surface area contributed by atoms with Crippen LogP contribution in [0.4, 0.5) is 11.4 Å². The Hall–Kier alpha value is -2.89. The first-order chi connectivity index (χ1) is 14.4. The zero-order valence-electron chi connectivity index (χ0n) is 16.7. The highest BCUT2D eigenvalue weighted by molar-refractivity contribution is 6.32. The number of carbonyl (C=O) groups excluding carboxylic acids is 1. The molecule has 0 saturated heterocycles. The molecular formula is C23H22Cl2N2O3. The molecular weight excluding hydrogens is 423 g/mol. The van der Waals surface area contributed by atoms with Crippen LogP contribution in [0.25, 0.3) is 0 Å². The molecule has 156 valence electrons. The molecule has 3 rings (SSSR count). The summed E-state index contributed by atoms with van der Waals surface area (Å²) in [5, 5.41) is 7.18. The van der Waals surface area contributed by atoms with E-state index in [-0.39, 0.29) is 12.5 Å². The lowest BCUT2D eigenvalue weighted by atomic mass is 10.2. The molecule has 1 amide bonds. The molecule has 0 aliphatic carbocycles. The van der Waals surface area contributed by atoms with Crippen molar-refractivity contribution in [1.29, 1.82) is 0 Å². The van der Waals surface area contributed by atoms with E-state index in [0.29, 0.717) is 28.1 Å². The summed E-state index contributed by atoms with van der Waals surface area (Å²) < 4.78 is 10.9. The fraction of sp³-hybridized carbons (Fsp3) is 0.174. The second kappa shape index (κ2) is 10.2. The minimum Gasteiger partial charge on any atom is -0.495 e. The average Bonchev–Trinajstić information content (AvgIpc) is 2.73. The van der Waals surface area contributed by atoms with E-state index in [0.717, 1.165) is 22.5 Å². The maximum absolute atomic E-state index is 12.2. The molecule has 0 unspecified atom stereocenters. The number of halogens is 2. The van der Waals surface area contributed by atoms with Crippen molar-refractivity contribution < 1.29 is 14.3 Å². The van der Waals surface area contributed by atoms with Crippen LogP contribution in [0.1, 0.15) is 11.1 Å². The van der Waals surface area contributed by atoms with Gasteiger partial charge in [-0.2, -0.15) is 0 Å². The molecule has 0 atom stereocenters. The molecule has 0 aliphatic rings. The molecule has 0 saturated carbocycles. The molecule has 7 heteroatoms. The highest BCUT2D eigenvalue weighted by Crippen LogP contribution is 2.29. The number of hydrogen-bond acceptors (Lipinski definition) is 4. The Labute approximate surface area is 185 Å². The van der Waals surface area contributed by atoms with E-state index >= 15 is 0 Å². The lowest BCUT2D eigenvalue weighted by Crippen LogP contribution is -2.20. The maximum atomic E-state index is 12.2. The molecule has 0 spiro atoms. The number of nitrogens with one attached hydrogen (secondary N) is 2. The van der Waals surface area contributed by atoms with Crippen LogP contribution in [0.3, 0.4) is 0 Å². The van der Waals surface area contributed by atoms with Crippen LogP contribution in [0.2, 0.25) is 10.0 Å². The molecule has 0 aliphatic heterocycles. The second-order valence-corrected chi connectivity index (χ2v) is 7.50. The van der Waals surface area contributed by atoms with Gasteiger partial charge in [0.05, 0.1) is 12.1 Å². The summed E-state index contributed by atoms with van der Waals surface area (Å²) in [6.07, 6.45) is 0. The van der Waals surface area contributed by atoms with Crippen molar-refractivity contribution in [2.24, 2.45) is 0 Å². The third kappa shape index (κ3) is 6.05. The van der Waals surface area contributed by atoms with Crippen molar-refractivity contribution in [3.05, 3.63) is 81.8 Å². The lowest BCUT2D eigenvalue weighted by molar-refractivity contribution is -0.118. The summed E-state index contributed by atoms with van der Waals surface area (Å²) in [6, 6.07) is 18.3. The summed E-state index contributed by atoms with van der Waals surface area (Å²) in [7, 11) is 1.57. The minimum absolute atomic E-state index is 0.114. The Morgan fingerprint density at radius 2 is 1.63 bits per heavy atom. The standard InChI is InChI=1S/C23H22Cl2N2O3/c1-15-3-6-18(7-4-15)27-23(28)14-30-21-9-5-17(24)11-16(21)13-26-19-8-10-22(29-2)20(25)12-19/h3-12,26H,13-14H2,1-2H3,(H,27,28). The Balaban J connectivity index is 1.62. The van der Waals surface area contributed by atoms with Gasteiger partial charge in [0.2, 0.25) is 0 Å². The van der Waals surface area contributed by atoms with Gasteiger partial charge in [-0.15, -0.1) is 0 Å². The quantitative estimate of drug-likeness (QED) is 0.451. The monoisotopic (exact) mass is 444 g/mol. The van der Waals surface area contributed by atoms with Gasteiger partial charge in [-0.1, -0.05) is 40.9 Å². The van der Waals surface area contributed by atoms with E-state index in [1.54, 1.807) is 37.4 Å². The number of carbonyl (C=O) groups is 1. The van der Waals surface area contributed by atoms with E-state index in [1.807, 2.05) is 37.3 Å². The fourth-order valence-corrected chi connectivity index (χ4v) is 3.23. The topological polar surface area (TPSA) is 59.6 Å². The molecule has 3 aromatic carbocycles. The van der Waals surface area contributed by atoms with Crippen molar-refractivity contribution in [2.45, 2.75) is 13.5 Å². The largest absolute Gasteiger partial charge is 0.495 e. The first kappa shape index (κ1) is 21.8. The van der Waals surface area contributed by atoms with Gasteiger partial charge in [0.25, 0.3) is 5.91 Å². The van der Waals surface area contributed by atoms with Crippen molar-refractivity contribution in [1.82, 2.24) is 0 Å². The summed E-state index contributed by atoms with van der Waals surface area (Å²) >= 11 is 12.3. The Kier molecular flexibility index (Phi) is 7.44. The van der Waals surface area contributed by atoms with Gasteiger partial charge in [0.1, 0.15) is 11.5 Å². The third-order valence-corrected chi connectivity index (χ3v) is 4.88. The van der Waals surface area contributed by atoms with Crippen LogP contribution in [0.5, 0.6) is 11.5 Å². The van der Waals surface area contributed by atoms with Crippen LogP contribution in [0, 0.1) is 6.92 Å². The number of amides is 1. The molecule has 3 aromatic rings. The second-order valence-electron chi connectivity index (χ2n) is 6.66. The molecule has 0 aromatic heterocycles. The Morgan fingerprint density at radius 1 is 0.933 bits per heavy atom. The summed E-state index contributed by atoms with van der Waals surface area (Å²) in [5.74, 6) is 0.939. The van der Waals surface area contributed by atoms with Gasteiger partial charge in [-0.3, -0.25) is 4.79 Å². The first-order valence-electron chi connectivity index (χ1n) is 9.30. The highest BCUT2D eigenvalue weighted by atomic mass is 35.5. The number of anilines is 2. The first-order valence-corrected chi connectivity index (χ1v) is 10.1. The maximum Gasteiger partial charge on any atom is 0.262 e. The van der Waals surface area contributed by atoms with E-state index in [9.17, 15) is 4.79 Å². The summed E-state index contributed by atoms with van der Waals surface area (Å²) in [5.41, 5.74) is 3.49. The van der Waals surface area contributed by atoms with Gasteiger partial charge in [0.15, 0.2) is 6.61 Å². The van der Waals surface area contributed by atoms with Crippen LogP contribution in [-0.4, -0.2) is 19.6 Å². The van der Waals surface area contributed by atoms with E-state index in [1.165, 1.54) is 0 Å². The van der Waals surface area contributed by atoms with Crippen molar-refractivity contribution in [3.63, 3.8) is 0 Å². The molecule has 0 bridgehead atoms. The van der Waals surface area contributed by atoms with Gasteiger partial charge in [0, 0.05) is 28.5 Å².